The Labute approximate surface area is 229 Å². The highest BCUT2D eigenvalue weighted by atomic mass is 32.1. The molecule has 1 heterocycles. The van der Waals surface area contributed by atoms with Gasteiger partial charge in [0.25, 0.3) is 5.91 Å². The lowest BCUT2D eigenvalue weighted by Crippen LogP contribution is -2.28. The average Bonchev–Trinajstić information content (AvgIpc) is 3.38. The number of nitrogens with one attached hydrogen (secondary N) is 1. The third kappa shape index (κ3) is 6.27. The number of fused-ring (bicyclic) bond motifs is 1. The summed E-state index contributed by atoms with van der Waals surface area (Å²) in [6.45, 7) is 9.46. The van der Waals surface area contributed by atoms with E-state index in [1.807, 2.05) is 49.4 Å². The number of carbonyl (C=O) groups is 1. The van der Waals surface area contributed by atoms with E-state index in [2.05, 4.69) is 80.3 Å². The normalized spacial score (nSPS) is 11.3. The molecule has 1 amide bonds. The summed E-state index contributed by atoms with van der Waals surface area (Å²) in [5.41, 5.74) is 7.26. The van der Waals surface area contributed by atoms with E-state index < -0.39 is 0 Å². The Hall–Kier alpha value is -4.02. The van der Waals surface area contributed by atoms with Gasteiger partial charge in [-0.05, 0) is 66.8 Å². The molecule has 0 aliphatic carbocycles. The first-order valence-corrected chi connectivity index (χ1v) is 13.9. The lowest BCUT2D eigenvalue weighted by molar-refractivity contribution is 0.0934. The molecule has 0 saturated heterocycles. The maximum atomic E-state index is 13.2. The first kappa shape index (κ1) is 27.0. The van der Waals surface area contributed by atoms with E-state index in [0.29, 0.717) is 5.56 Å². The molecule has 1 N–H and O–H groups in total. The fourth-order valence-corrected chi connectivity index (χ4v) is 5.54. The van der Waals surface area contributed by atoms with Gasteiger partial charge in [0.2, 0.25) is 0 Å². The number of benzene rings is 4. The molecule has 4 heteroatoms. The van der Waals surface area contributed by atoms with Gasteiger partial charge in [-0.15, -0.1) is 17.9 Å². The van der Waals surface area contributed by atoms with Crippen LogP contribution < -0.4 is 5.32 Å². The van der Waals surface area contributed by atoms with Gasteiger partial charge in [0.1, 0.15) is 5.01 Å². The van der Waals surface area contributed by atoms with Crippen molar-refractivity contribution in [2.75, 3.05) is 0 Å². The molecule has 192 valence electrons. The van der Waals surface area contributed by atoms with E-state index in [9.17, 15) is 4.79 Å². The predicted octanol–water partition coefficient (Wildman–Crippen LogP) is 9.40. The third-order valence-electron chi connectivity index (χ3n) is 6.31. The Bertz CT molecular complexity index is 1490. The molecule has 0 bridgehead atoms. The smallest absolute Gasteiger partial charge is 0.251 e. The number of hydrogen-bond acceptors (Lipinski definition) is 3. The molecule has 1 aromatic heterocycles. The van der Waals surface area contributed by atoms with Crippen molar-refractivity contribution in [3.05, 3.63) is 126 Å². The van der Waals surface area contributed by atoms with Crippen LogP contribution in [0.5, 0.6) is 0 Å². The largest absolute Gasteiger partial charge is 0.345 e. The minimum atomic E-state index is -0.0404. The van der Waals surface area contributed by atoms with Gasteiger partial charge < -0.3 is 5.32 Å². The molecule has 5 aromatic rings. The zero-order valence-electron chi connectivity index (χ0n) is 22.3. The molecule has 0 saturated carbocycles. The summed E-state index contributed by atoms with van der Waals surface area (Å²) in [5, 5.41) is 4.25. The van der Waals surface area contributed by atoms with Crippen LogP contribution in [0.2, 0.25) is 0 Å². The van der Waals surface area contributed by atoms with E-state index in [-0.39, 0.29) is 11.9 Å². The van der Waals surface area contributed by atoms with Crippen LogP contribution in [0.4, 0.5) is 0 Å². The molecule has 0 unspecified atom stereocenters. The molecule has 5 rings (SSSR count). The Balaban J connectivity index is 0.00000107. The van der Waals surface area contributed by atoms with E-state index in [1.165, 1.54) is 4.70 Å². The monoisotopic (exact) mass is 518 g/mol. The summed E-state index contributed by atoms with van der Waals surface area (Å²) in [5.74, 6) is -0.0404. The fraction of sp³-hybridized carbons (Fsp3) is 0.176. The SMILES string of the molecule is C=CC.CCC[C@@H](NC(=O)c1ccc(-c2ccccc2-c2nc3ccccc3s2)c(C)c1)c1ccccc1. The van der Waals surface area contributed by atoms with Crippen molar-refractivity contribution in [1.29, 1.82) is 0 Å². The van der Waals surface area contributed by atoms with Crippen LogP contribution in [-0.4, -0.2) is 10.9 Å². The van der Waals surface area contributed by atoms with Crippen LogP contribution in [0.15, 0.2) is 110 Å². The predicted molar refractivity (Wildman–Crippen MR) is 163 cm³/mol. The van der Waals surface area contributed by atoms with Gasteiger partial charge in [-0.3, -0.25) is 4.79 Å². The number of aryl methyl sites for hydroxylation is 1. The minimum absolute atomic E-state index is 0.00782. The van der Waals surface area contributed by atoms with Crippen LogP contribution in [0.3, 0.4) is 0 Å². The zero-order chi connectivity index (χ0) is 26.9. The number of nitrogens with zero attached hydrogens (tertiary/aromatic N) is 1. The number of carbonyl (C=O) groups excluding carboxylic acids is 1. The molecule has 0 aliphatic heterocycles. The Morgan fingerprint density at radius 1 is 0.921 bits per heavy atom. The molecule has 3 nitrogen and oxygen atoms in total. The molecule has 0 aliphatic rings. The second-order valence-corrected chi connectivity index (χ2v) is 10.2. The maximum absolute atomic E-state index is 13.2. The van der Waals surface area contributed by atoms with E-state index in [4.69, 9.17) is 4.98 Å². The van der Waals surface area contributed by atoms with E-state index in [0.717, 1.165) is 51.2 Å². The lowest BCUT2D eigenvalue weighted by atomic mass is 9.94. The summed E-state index contributed by atoms with van der Waals surface area (Å²) >= 11 is 1.71. The van der Waals surface area contributed by atoms with Crippen LogP contribution in [0.25, 0.3) is 31.9 Å². The number of thiazole rings is 1. The second-order valence-electron chi connectivity index (χ2n) is 9.20. The van der Waals surface area contributed by atoms with Crippen molar-refractivity contribution in [3.63, 3.8) is 0 Å². The number of amides is 1. The van der Waals surface area contributed by atoms with Gasteiger partial charge in [0.15, 0.2) is 0 Å². The van der Waals surface area contributed by atoms with Crippen molar-refractivity contribution in [2.24, 2.45) is 0 Å². The molecule has 0 fully saturated rings. The first-order chi connectivity index (χ1) is 18.5. The van der Waals surface area contributed by atoms with Crippen molar-refractivity contribution in [1.82, 2.24) is 10.3 Å². The number of aromatic nitrogens is 1. The maximum Gasteiger partial charge on any atom is 0.251 e. The minimum Gasteiger partial charge on any atom is -0.345 e. The number of rotatable bonds is 7. The van der Waals surface area contributed by atoms with Gasteiger partial charge in [0, 0.05) is 11.1 Å². The fourth-order valence-electron chi connectivity index (χ4n) is 4.54. The summed E-state index contributed by atoms with van der Waals surface area (Å²) in [7, 11) is 0. The highest BCUT2D eigenvalue weighted by Gasteiger charge is 2.17. The van der Waals surface area contributed by atoms with Crippen LogP contribution in [0, 0.1) is 6.92 Å². The quantitative estimate of drug-likeness (QED) is 0.218. The molecule has 0 radical (unpaired) electrons. The topological polar surface area (TPSA) is 42.0 Å². The Morgan fingerprint density at radius 2 is 1.58 bits per heavy atom. The van der Waals surface area contributed by atoms with Crippen molar-refractivity contribution in [3.8, 4) is 21.7 Å². The zero-order valence-corrected chi connectivity index (χ0v) is 23.1. The highest BCUT2D eigenvalue weighted by Crippen LogP contribution is 2.37. The van der Waals surface area contributed by atoms with Gasteiger partial charge in [-0.25, -0.2) is 4.98 Å². The van der Waals surface area contributed by atoms with Gasteiger partial charge in [-0.2, -0.15) is 0 Å². The van der Waals surface area contributed by atoms with Gasteiger partial charge in [-0.1, -0.05) is 92.2 Å². The van der Waals surface area contributed by atoms with Crippen molar-refractivity contribution in [2.45, 2.75) is 39.7 Å². The number of allylic oxidation sites excluding steroid dienone is 1. The molecule has 4 aromatic carbocycles. The van der Waals surface area contributed by atoms with Gasteiger partial charge >= 0.3 is 0 Å². The first-order valence-electron chi connectivity index (χ1n) is 13.0. The summed E-state index contributed by atoms with van der Waals surface area (Å²) in [4.78, 5) is 18.0. The number of hydrogen-bond donors (Lipinski definition) is 1. The van der Waals surface area contributed by atoms with Crippen molar-refractivity contribution >= 4 is 27.5 Å². The Morgan fingerprint density at radius 3 is 2.26 bits per heavy atom. The average molecular weight is 519 g/mol. The summed E-state index contributed by atoms with van der Waals surface area (Å²) < 4.78 is 1.18. The molecular formula is C34H34N2OS. The van der Waals surface area contributed by atoms with Crippen LogP contribution in [0.1, 0.15) is 54.2 Å². The highest BCUT2D eigenvalue weighted by molar-refractivity contribution is 7.21. The molecule has 38 heavy (non-hydrogen) atoms. The molecular weight excluding hydrogens is 484 g/mol. The summed E-state index contributed by atoms with van der Waals surface area (Å²) in [6.07, 6.45) is 3.66. The Kier molecular flexibility index (Phi) is 9.23. The van der Waals surface area contributed by atoms with Crippen LogP contribution in [-0.2, 0) is 0 Å². The van der Waals surface area contributed by atoms with E-state index in [1.54, 1.807) is 17.4 Å². The second kappa shape index (κ2) is 13.0. The number of para-hydroxylation sites is 1. The van der Waals surface area contributed by atoms with Crippen molar-refractivity contribution < 1.29 is 4.79 Å². The van der Waals surface area contributed by atoms with Crippen LogP contribution >= 0.6 is 11.3 Å². The van der Waals surface area contributed by atoms with E-state index >= 15 is 0 Å². The third-order valence-corrected chi connectivity index (χ3v) is 7.38. The summed E-state index contributed by atoms with van der Waals surface area (Å²) in [6, 6.07) is 32.8. The molecule has 1 atom stereocenters. The van der Waals surface area contributed by atoms with Gasteiger partial charge in [0.05, 0.1) is 16.3 Å². The lowest BCUT2D eigenvalue weighted by Gasteiger charge is -2.19. The molecule has 0 spiro atoms. The standard InChI is InChI=1S/C31H28N2OS.C3H6/c1-3-11-27(22-12-5-4-6-13-22)32-30(34)23-18-19-24(21(2)20-23)25-14-7-8-15-26(25)31-33-28-16-9-10-17-29(28)35-31;1-3-2/h4-10,12-20,27H,3,11H2,1-2H3,(H,32,34);3H,1H2,2H3/t27-;/m1./s1.